The van der Waals surface area contributed by atoms with Crippen LogP contribution < -0.4 is 5.73 Å². The van der Waals surface area contributed by atoms with Crippen molar-refractivity contribution in [3.8, 4) is 0 Å². The quantitative estimate of drug-likeness (QED) is 0.536. The Bertz CT molecular complexity index is 331. The lowest BCUT2D eigenvalue weighted by Gasteiger charge is -2.05. The Labute approximate surface area is 81.3 Å². The average molecular weight is 193 g/mol. The maximum Gasteiger partial charge on any atom is 0.152 e. The van der Waals surface area contributed by atoms with Crippen LogP contribution in [0.15, 0.2) is 12.1 Å². The smallest absolute Gasteiger partial charge is 0.152 e. The first-order chi connectivity index (χ1) is 6.72. The summed E-state index contributed by atoms with van der Waals surface area (Å²) in [5.41, 5.74) is 7.04. The van der Waals surface area contributed by atoms with Gasteiger partial charge in [0.1, 0.15) is 0 Å². The molecule has 0 saturated heterocycles. The molecule has 0 aliphatic rings. The van der Waals surface area contributed by atoms with Crippen LogP contribution >= 0.6 is 0 Å². The van der Waals surface area contributed by atoms with E-state index in [4.69, 9.17) is 10.8 Å². The largest absolute Gasteiger partial charge is 0.398 e. The van der Waals surface area contributed by atoms with Crippen LogP contribution in [0.5, 0.6) is 0 Å². The minimum Gasteiger partial charge on any atom is -0.398 e. The molecule has 0 unspecified atom stereocenters. The lowest BCUT2D eigenvalue weighted by molar-refractivity contribution is 0.112. The molecular weight excluding hydrogens is 182 g/mol. The van der Waals surface area contributed by atoms with E-state index in [0.29, 0.717) is 19.0 Å². The number of rotatable bonds is 4. The second kappa shape index (κ2) is 4.53. The third-order valence-electron chi connectivity index (χ3n) is 1.96. The summed E-state index contributed by atoms with van der Waals surface area (Å²) in [6.45, 7) is -0.0273. The van der Waals surface area contributed by atoms with Crippen LogP contribution in [0.2, 0.25) is 0 Å². The lowest BCUT2D eigenvalue weighted by atomic mass is 10.0. The van der Waals surface area contributed by atoms with Crippen molar-refractivity contribution in [1.29, 1.82) is 0 Å². The number of carbonyl (C=O) groups is 2. The van der Waals surface area contributed by atoms with Crippen LogP contribution in [0.4, 0.5) is 5.69 Å². The number of nitrogens with two attached hydrogens (primary N) is 1. The molecule has 0 aromatic heterocycles. The van der Waals surface area contributed by atoms with E-state index in [0.717, 1.165) is 5.56 Å². The van der Waals surface area contributed by atoms with Gasteiger partial charge in [0.15, 0.2) is 12.6 Å². The molecule has 0 fully saturated rings. The van der Waals surface area contributed by atoms with E-state index in [9.17, 15) is 9.59 Å². The third-order valence-corrected chi connectivity index (χ3v) is 1.96. The van der Waals surface area contributed by atoms with Crippen LogP contribution in [0.1, 0.15) is 26.3 Å². The first-order valence-electron chi connectivity index (χ1n) is 4.16. The summed E-state index contributed by atoms with van der Waals surface area (Å²) in [6, 6.07) is 3.15. The van der Waals surface area contributed by atoms with Crippen molar-refractivity contribution in [2.45, 2.75) is 6.42 Å². The summed E-state index contributed by atoms with van der Waals surface area (Å²) >= 11 is 0. The van der Waals surface area contributed by atoms with Gasteiger partial charge in [0.05, 0.1) is 5.69 Å². The number of aliphatic hydroxyl groups excluding tert-OH is 1. The molecule has 3 N–H and O–H groups in total. The minimum atomic E-state index is -0.0273. The fourth-order valence-electron chi connectivity index (χ4n) is 1.23. The Hall–Kier alpha value is -1.68. The minimum absolute atomic E-state index is 0.0273. The second-order valence-corrected chi connectivity index (χ2v) is 2.90. The summed E-state index contributed by atoms with van der Waals surface area (Å²) < 4.78 is 0. The number of benzene rings is 1. The number of aliphatic hydroxyl groups is 1. The SMILES string of the molecule is Nc1c(C=O)cc(CCO)cc1C=O. The molecule has 4 nitrogen and oxygen atoms in total. The summed E-state index contributed by atoms with van der Waals surface area (Å²) in [5.74, 6) is 0. The first-order valence-corrected chi connectivity index (χ1v) is 4.16. The number of hydrogen-bond acceptors (Lipinski definition) is 4. The molecule has 0 amide bonds. The molecule has 0 aliphatic heterocycles. The Morgan fingerprint density at radius 2 is 1.71 bits per heavy atom. The Kier molecular flexibility index (Phi) is 3.36. The summed E-state index contributed by atoms with van der Waals surface area (Å²) in [7, 11) is 0. The maximum absolute atomic E-state index is 10.6. The van der Waals surface area contributed by atoms with Crippen molar-refractivity contribution in [3.05, 3.63) is 28.8 Å². The van der Waals surface area contributed by atoms with E-state index in [1.54, 1.807) is 12.1 Å². The van der Waals surface area contributed by atoms with E-state index in [1.807, 2.05) is 0 Å². The number of carbonyl (C=O) groups excluding carboxylic acids is 2. The molecule has 0 spiro atoms. The highest BCUT2D eigenvalue weighted by Gasteiger charge is 2.06. The molecule has 0 bridgehead atoms. The summed E-state index contributed by atoms with van der Waals surface area (Å²) in [5, 5.41) is 8.71. The van der Waals surface area contributed by atoms with Crippen LogP contribution in [0.3, 0.4) is 0 Å². The number of hydrogen-bond donors (Lipinski definition) is 2. The van der Waals surface area contributed by atoms with Gasteiger partial charge in [-0.15, -0.1) is 0 Å². The molecule has 1 aromatic rings. The molecule has 74 valence electrons. The van der Waals surface area contributed by atoms with Gasteiger partial charge in [-0.2, -0.15) is 0 Å². The van der Waals surface area contributed by atoms with E-state index in [2.05, 4.69) is 0 Å². The lowest BCUT2D eigenvalue weighted by Crippen LogP contribution is -2.02. The maximum atomic E-state index is 10.6. The zero-order chi connectivity index (χ0) is 10.6. The van der Waals surface area contributed by atoms with E-state index >= 15 is 0 Å². The zero-order valence-electron chi connectivity index (χ0n) is 7.56. The van der Waals surface area contributed by atoms with Crippen molar-refractivity contribution < 1.29 is 14.7 Å². The Morgan fingerprint density at radius 1 is 1.21 bits per heavy atom. The highest BCUT2D eigenvalue weighted by molar-refractivity contribution is 5.93. The molecule has 0 saturated carbocycles. The van der Waals surface area contributed by atoms with Gasteiger partial charge in [0.25, 0.3) is 0 Å². The second-order valence-electron chi connectivity index (χ2n) is 2.90. The third kappa shape index (κ3) is 1.97. The predicted octanol–water partition coefficient (Wildman–Crippen LogP) is 0.429. The van der Waals surface area contributed by atoms with Crippen LogP contribution in [-0.2, 0) is 6.42 Å². The standard InChI is InChI=1S/C10H11NO3/c11-10-8(5-13)3-7(1-2-12)4-9(10)6-14/h3-6,12H,1-2,11H2. The van der Waals surface area contributed by atoms with Crippen LogP contribution in [0.25, 0.3) is 0 Å². The Morgan fingerprint density at radius 3 is 2.07 bits per heavy atom. The van der Waals surface area contributed by atoms with E-state index in [-0.39, 0.29) is 23.4 Å². The molecule has 0 radical (unpaired) electrons. The van der Waals surface area contributed by atoms with Gasteiger partial charge in [-0.25, -0.2) is 0 Å². The molecular formula is C10H11NO3. The van der Waals surface area contributed by atoms with Crippen LogP contribution in [-0.4, -0.2) is 24.3 Å². The predicted molar refractivity (Wildman–Crippen MR) is 52.4 cm³/mol. The van der Waals surface area contributed by atoms with Gasteiger partial charge >= 0.3 is 0 Å². The summed E-state index contributed by atoms with van der Waals surface area (Å²) in [4.78, 5) is 21.2. The molecule has 14 heavy (non-hydrogen) atoms. The number of aldehydes is 2. The Balaban J connectivity index is 3.24. The van der Waals surface area contributed by atoms with Gasteiger partial charge < -0.3 is 10.8 Å². The normalized spacial score (nSPS) is 9.79. The molecule has 0 heterocycles. The van der Waals surface area contributed by atoms with Gasteiger partial charge in [0.2, 0.25) is 0 Å². The van der Waals surface area contributed by atoms with Gasteiger partial charge in [-0.1, -0.05) is 0 Å². The first kappa shape index (κ1) is 10.4. The number of nitrogen functional groups attached to an aromatic ring is 1. The zero-order valence-corrected chi connectivity index (χ0v) is 7.56. The molecule has 1 aromatic carbocycles. The highest BCUT2D eigenvalue weighted by Crippen LogP contribution is 2.17. The molecule has 4 heteroatoms. The van der Waals surface area contributed by atoms with E-state index < -0.39 is 0 Å². The monoisotopic (exact) mass is 193 g/mol. The summed E-state index contributed by atoms with van der Waals surface area (Å²) in [6.07, 6.45) is 1.61. The molecule has 1 rings (SSSR count). The van der Waals surface area contributed by atoms with Crippen molar-refractivity contribution >= 4 is 18.3 Å². The molecule has 0 aliphatic carbocycles. The van der Waals surface area contributed by atoms with E-state index in [1.165, 1.54) is 0 Å². The van der Waals surface area contributed by atoms with Crippen molar-refractivity contribution in [3.63, 3.8) is 0 Å². The van der Waals surface area contributed by atoms with Gasteiger partial charge in [-0.05, 0) is 24.1 Å². The van der Waals surface area contributed by atoms with Gasteiger partial charge in [-0.3, -0.25) is 9.59 Å². The number of anilines is 1. The molecule has 0 atom stereocenters. The fraction of sp³-hybridized carbons (Fsp3) is 0.200. The van der Waals surface area contributed by atoms with Gasteiger partial charge in [0, 0.05) is 17.7 Å². The van der Waals surface area contributed by atoms with Crippen molar-refractivity contribution in [2.24, 2.45) is 0 Å². The van der Waals surface area contributed by atoms with Crippen molar-refractivity contribution in [1.82, 2.24) is 0 Å². The highest BCUT2D eigenvalue weighted by atomic mass is 16.3. The fourth-order valence-corrected chi connectivity index (χ4v) is 1.23. The topological polar surface area (TPSA) is 80.4 Å². The average Bonchev–Trinajstić information content (AvgIpc) is 2.20. The van der Waals surface area contributed by atoms with Crippen LogP contribution in [0, 0.1) is 0 Å². The van der Waals surface area contributed by atoms with Crippen molar-refractivity contribution in [2.75, 3.05) is 12.3 Å².